The second-order valence-electron chi connectivity index (χ2n) is 6.80. The molecule has 0 spiro atoms. The molecule has 1 heterocycles. The molecule has 5 heteroatoms. The Kier molecular flexibility index (Phi) is 4.88. The van der Waals surface area contributed by atoms with Crippen LogP contribution in [0.25, 0.3) is 0 Å². The third kappa shape index (κ3) is 3.39. The smallest absolute Gasteiger partial charge is 0.256 e. The number of hydrogen-bond donors (Lipinski definition) is 1. The maximum absolute atomic E-state index is 13.1. The summed E-state index contributed by atoms with van der Waals surface area (Å²) in [7, 11) is 0. The molecule has 0 saturated heterocycles. The maximum atomic E-state index is 13.1. The van der Waals surface area contributed by atoms with Crippen LogP contribution in [0.1, 0.15) is 44.9 Å². The van der Waals surface area contributed by atoms with Gasteiger partial charge in [-0.3, -0.25) is 9.59 Å². The molecule has 1 aliphatic heterocycles. The quantitative estimate of drug-likeness (QED) is 0.600. The molecular weight excluding hydrogens is 372 g/mol. The van der Waals surface area contributed by atoms with Crippen molar-refractivity contribution < 1.29 is 9.59 Å². The van der Waals surface area contributed by atoms with E-state index in [1.54, 1.807) is 17.0 Å². The van der Waals surface area contributed by atoms with Crippen molar-refractivity contribution in [2.45, 2.75) is 19.6 Å². The Balaban J connectivity index is 1.71. The van der Waals surface area contributed by atoms with Crippen molar-refractivity contribution >= 4 is 29.0 Å². The molecule has 1 amide bonds. The third-order valence-electron chi connectivity index (χ3n) is 4.93. The SMILES string of the molecule is CC(=O)c1cccc(N[C@@H]2c3ccccc3C(=O)N2Cc2ccccc2Cl)c1. The summed E-state index contributed by atoms with van der Waals surface area (Å²) < 4.78 is 0. The van der Waals surface area contributed by atoms with Gasteiger partial charge in [0.25, 0.3) is 5.91 Å². The van der Waals surface area contributed by atoms with Crippen LogP contribution in [0.3, 0.4) is 0 Å². The normalized spacial score (nSPS) is 15.4. The van der Waals surface area contributed by atoms with Gasteiger partial charge in [0.1, 0.15) is 6.17 Å². The molecule has 4 nitrogen and oxygen atoms in total. The van der Waals surface area contributed by atoms with Crippen LogP contribution < -0.4 is 5.32 Å². The van der Waals surface area contributed by atoms with Crippen molar-refractivity contribution in [3.63, 3.8) is 0 Å². The molecular formula is C23H19ClN2O2. The van der Waals surface area contributed by atoms with Gasteiger partial charge in [0.05, 0.1) is 0 Å². The van der Waals surface area contributed by atoms with Crippen molar-refractivity contribution in [1.29, 1.82) is 0 Å². The molecule has 0 radical (unpaired) electrons. The topological polar surface area (TPSA) is 49.4 Å². The number of nitrogens with one attached hydrogen (secondary N) is 1. The lowest BCUT2D eigenvalue weighted by molar-refractivity contribution is 0.0728. The van der Waals surface area contributed by atoms with Gasteiger partial charge >= 0.3 is 0 Å². The van der Waals surface area contributed by atoms with E-state index in [9.17, 15) is 9.59 Å². The number of nitrogens with zero attached hydrogens (tertiary/aromatic N) is 1. The molecule has 3 aromatic rings. The van der Waals surface area contributed by atoms with E-state index in [0.29, 0.717) is 22.7 Å². The molecule has 0 unspecified atom stereocenters. The zero-order chi connectivity index (χ0) is 19.7. The summed E-state index contributed by atoms with van der Waals surface area (Å²) in [5, 5.41) is 4.05. The predicted molar refractivity (Wildman–Crippen MR) is 111 cm³/mol. The molecule has 3 aromatic carbocycles. The number of carbonyl (C=O) groups excluding carboxylic acids is 2. The average molecular weight is 391 g/mol. The van der Waals surface area contributed by atoms with Gasteiger partial charge in [-0.05, 0) is 36.8 Å². The zero-order valence-electron chi connectivity index (χ0n) is 15.4. The standard InChI is InChI=1S/C23H19ClN2O2/c1-15(27)16-8-6-9-18(13-16)25-22-19-10-3-4-11-20(19)23(28)26(22)14-17-7-2-5-12-21(17)24/h2-13,22,25H,14H2,1H3/t22-/m0/s1. The van der Waals surface area contributed by atoms with Gasteiger partial charge in [0, 0.05) is 33.9 Å². The molecule has 140 valence electrons. The molecule has 0 fully saturated rings. The van der Waals surface area contributed by atoms with Gasteiger partial charge in [-0.2, -0.15) is 0 Å². The lowest BCUT2D eigenvalue weighted by Crippen LogP contribution is -2.32. The maximum Gasteiger partial charge on any atom is 0.256 e. The minimum absolute atomic E-state index is 0.000489. The fourth-order valence-corrected chi connectivity index (χ4v) is 3.68. The van der Waals surface area contributed by atoms with E-state index in [0.717, 1.165) is 16.8 Å². The Morgan fingerprint density at radius 2 is 1.79 bits per heavy atom. The van der Waals surface area contributed by atoms with Gasteiger partial charge in [0.15, 0.2) is 5.78 Å². The van der Waals surface area contributed by atoms with Crippen LogP contribution in [-0.2, 0) is 6.54 Å². The number of carbonyl (C=O) groups is 2. The summed E-state index contributed by atoms with van der Waals surface area (Å²) >= 11 is 6.33. The van der Waals surface area contributed by atoms with E-state index in [1.165, 1.54) is 6.92 Å². The number of benzene rings is 3. The molecule has 28 heavy (non-hydrogen) atoms. The van der Waals surface area contributed by atoms with E-state index < -0.39 is 0 Å². The molecule has 1 N–H and O–H groups in total. The highest BCUT2D eigenvalue weighted by molar-refractivity contribution is 6.31. The molecule has 0 aromatic heterocycles. The lowest BCUT2D eigenvalue weighted by atomic mass is 10.1. The zero-order valence-corrected chi connectivity index (χ0v) is 16.1. The number of halogens is 1. The summed E-state index contributed by atoms with van der Waals surface area (Å²) in [6.45, 7) is 1.93. The first-order chi connectivity index (χ1) is 13.5. The molecule has 1 atom stereocenters. The molecule has 0 saturated carbocycles. The first kappa shape index (κ1) is 18.3. The van der Waals surface area contributed by atoms with Crippen LogP contribution in [0.2, 0.25) is 5.02 Å². The minimum atomic E-state index is -0.345. The highest BCUT2D eigenvalue weighted by Gasteiger charge is 2.36. The fourth-order valence-electron chi connectivity index (χ4n) is 3.48. The summed E-state index contributed by atoms with van der Waals surface area (Å²) in [4.78, 5) is 26.6. The number of anilines is 1. The minimum Gasteiger partial charge on any atom is -0.361 e. The van der Waals surface area contributed by atoms with E-state index in [4.69, 9.17) is 11.6 Å². The monoisotopic (exact) mass is 390 g/mol. The van der Waals surface area contributed by atoms with Crippen LogP contribution in [0, 0.1) is 0 Å². The molecule has 0 bridgehead atoms. The van der Waals surface area contributed by atoms with Gasteiger partial charge < -0.3 is 10.2 Å². The van der Waals surface area contributed by atoms with Gasteiger partial charge in [-0.25, -0.2) is 0 Å². The Labute approximate surface area is 168 Å². The summed E-state index contributed by atoms with van der Waals surface area (Å²) in [6.07, 6.45) is -0.345. The second-order valence-corrected chi connectivity index (χ2v) is 7.20. The summed E-state index contributed by atoms with van der Waals surface area (Å²) in [5.74, 6) is -0.0461. The Morgan fingerprint density at radius 3 is 2.57 bits per heavy atom. The predicted octanol–water partition coefficient (Wildman–Crippen LogP) is 5.31. The van der Waals surface area contributed by atoms with E-state index in [1.807, 2.05) is 60.7 Å². The number of ketones is 1. The van der Waals surface area contributed by atoms with Crippen molar-refractivity contribution in [3.05, 3.63) is 100 Å². The molecule has 1 aliphatic rings. The highest BCUT2D eigenvalue weighted by Crippen LogP contribution is 2.36. The first-order valence-electron chi connectivity index (χ1n) is 9.05. The van der Waals surface area contributed by atoms with E-state index >= 15 is 0 Å². The van der Waals surface area contributed by atoms with Crippen LogP contribution in [-0.4, -0.2) is 16.6 Å². The second kappa shape index (κ2) is 7.49. The Bertz CT molecular complexity index is 1060. The Hall–Kier alpha value is -3.11. The van der Waals surface area contributed by atoms with Crippen molar-refractivity contribution in [2.75, 3.05) is 5.32 Å². The van der Waals surface area contributed by atoms with Crippen LogP contribution in [0.15, 0.2) is 72.8 Å². The molecule has 0 aliphatic carbocycles. The third-order valence-corrected chi connectivity index (χ3v) is 5.30. The van der Waals surface area contributed by atoms with Gasteiger partial charge in [0.2, 0.25) is 0 Å². The molecule has 4 rings (SSSR count). The van der Waals surface area contributed by atoms with E-state index in [-0.39, 0.29) is 17.9 Å². The van der Waals surface area contributed by atoms with Crippen molar-refractivity contribution in [3.8, 4) is 0 Å². The Morgan fingerprint density at radius 1 is 1.04 bits per heavy atom. The van der Waals surface area contributed by atoms with E-state index in [2.05, 4.69) is 5.32 Å². The highest BCUT2D eigenvalue weighted by atomic mass is 35.5. The van der Waals surface area contributed by atoms with Crippen molar-refractivity contribution in [1.82, 2.24) is 4.90 Å². The number of rotatable bonds is 5. The van der Waals surface area contributed by atoms with Gasteiger partial charge in [-0.15, -0.1) is 0 Å². The van der Waals surface area contributed by atoms with Crippen LogP contribution in [0.4, 0.5) is 5.69 Å². The fraction of sp³-hybridized carbons (Fsp3) is 0.130. The number of hydrogen-bond acceptors (Lipinski definition) is 3. The van der Waals surface area contributed by atoms with Crippen LogP contribution in [0.5, 0.6) is 0 Å². The summed E-state index contributed by atoms with van der Waals surface area (Å²) in [6, 6.07) is 22.4. The lowest BCUT2D eigenvalue weighted by Gasteiger charge is -2.27. The van der Waals surface area contributed by atoms with Gasteiger partial charge in [-0.1, -0.05) is 60.1 Å². The number of amides is 1. The number of Topliss-reactive ketones (excluding diaryl/α,β-unsaturated/α-hetero) is 1. The first-order valence-corrected chi connectivity index (χ1v) is 9.43. The van der Waals surface area contributed by atoms with Crippen LogP contribution >= 0.6 is 11.6 Å². The average Bonchev–Trinajstić information content (AvgIpc) is 2.96. The largest absolute Gasteiger partial charge is 0.361 e. The van der Waals surface area contributed by atoms with Crippen molar-refractivity contribution in [2.24, 2.45) is 0 Å². The number of fused-ring (bicyclic) bond motifs is 1. The summed E-state index contributed by atoms with van der Waals surface area (Å²) in [5.41, 5.74) is 3.88.